The zero-order valence-corrected chi connectivity index (χ0v) is 12.0. The number of hydrogen-bond donors (Lipinski definition) is 0. The minimum atomic E-state index is -0.659. The number of hydrogen-bond acceptors (Lipinski definition) is 6. The van der Waals surface area contributed by atoms with Crippen molar-refractivity contribution in [3.8, 4) is 0 Å². The molecule has 6 heteroatoms. The van der Waals surface area contributed by atoms with Gasteiger partial charge in [-0.05, 0) is 20.3 Å². The van der Waals surface area contributed by atoms with E-state index in [1.54, 1.807) is 0 Å². The van der Waals surface area contributed by atoms with Crippen LogP contribution in [-0.2, 0) is 28.5 Å². The highest BCUT2D eigenvalue weighted by molar-refractivity contribution is 5.95. The number of carbonyl (C=O) groups excluding carboxylic acids is 2. The van der Waals surface area contributed by atoms with Gasteiger partial charge >= 0.3 is 11.9 Å². The molecule has 20 heavy (non-hydrogen) atoms. The highest BCUT2D eigenvalue weighted by atomic mass is 16.8. The molecule has 0 aromatic heterocycles. The van der Waals surface area contributed by atoms with Crippen LogP contribution in [0.4, 0.5) is 0 Å². The van der Waals surface area contributed by atoms with Crippen LogP contribution in [0.15, 0.2) is 0 Å². The Morgan fingerprint density at radius 2 is 1.35 bits per heavy atom. The van der Waals surface area contributed by atoms with Gasteiger partial charge in [-0.15, -0.1) is 0 Å². The van der Waals surface area contributed by atoms with Crippen molar-refractivity contribution in [3.05, 3.63) is 0 Å². The Balaban J connectivity index is 1.73. The molecule has 5 aliphatic carbocycles. The van der Waals surface area contributed by atoms with Gasteiger partial charge in [0.15, 0.2) is 5.79 Å². The van der Waals surface area contributed by atoms with Crippen molar-refractivity contribution in [3.63, 3.8) is 0 Å². The predicted octanol–water partition coefficient (Wildman–Crippen LogP) is 0.489. The van der Waals surface area contributed by atoms with E-state index in [0.29, 0.717) is 6.42 Å². The molecule has 2 unspecified atom stereocenters. The Bertz CT molecular complexity index is 472. The summed E-state index contributed by atoms with van der Waals surface area (Å²) >= 11 is 0. The van der Waals surface area contributed by atoms with Gasteiger partial charge in [0, 0.05) is 11.8 Å². The topological polar surface area (TPSA) is 71.1 Å². The average Bonchev–Trinajstić information content (AvgIpc) is 2.80. The summed E-state index contributed by atoms with van der Waals surface area (Å²) in [7, 11) is 2.77. The van der Waals surface area contributed by atoms with Gasteiger partial charge in [-0.25, -0.2) is 0 Å². The smallest absolute Gasteiger partial charge is 0.312 e. The maximum absolute atomic E-state index is 12.2. The van der Waals surface area contributed by atoms with Crippen LogP contribution in [0, 0.1) is 22.7 Å². The molecule has 0 aromatic carbocycles. The molecule has 1 saturated heterocycles. The minimum absolute atomic E-state index is 0.174. The third kappa shape index (κ3) is 0.949. The lowest BCUT2D eigenvalue weighted by Crippen LogP contribution is -2.81. The Kier molecular flexibility index (Phi) is 2.01. The van der Waals surface area contributed by atoms with Crippen LogP contribution < -0.4 is 0 Å². The number of carbonyl (C=O) groups is 2. The Morgan fingerprint density at radius 3 is 1.70 bits per heavy atom. The van der Waals surface area contributed by atoms with Crippen molar-refractivity contribution in [1.82, 2.24) is 0 Å². The second kappa shape index (κ2) is 3.20. The van der Waals surface area contributed by atoms with E-state index in [1.807, 2.05) is 13.8 Å². The fourth-order valence-corrected chi connectivity index (χ4v) is 5.41. The first-order valence-corrected chi connectivity index (χ1v) is 6.87. The molecule has 0 N–H and O–H groups in total. The molecule has 6 nitrogen and oxygen atoms in total. The van der Waals surface area contributed by atoms with Crippen molar-refractivity contribution in [1.29, 1.82) is 0 Å². The van der Waals surface area contributed by atoms with Crippen LogP contribution in [0.25, 0.3) is 0 Å². The van der Waals surface area contributed by atoms with Crippen molar-refractivity contribution in [2.45, 2.75) is 38.3 Å². The molecule has 0 aromatic rings. The summed E-state index contributed by atoms with van der Waals surface area (Å²) < 4.78 is 21.8. The van der Waals surface area contributed by atoms with Gasteiger partial charge in [-0.2, -0.15) is 0 Å². The number of ether oxygens (including phenoxy) is 4. The van der Waals surface area contributed by atoms with Crippen molar-refractivity contribution in [2.24, 2.45) is 22.7 Å². The molecule has 0 radical (unpaired) electrons. The molecule has 4 bridgehead atoms. The first-order chi connectivity index (χ1) is 9.35. The lowest BCUT2D eigenvalue weighted by Gasteiger charge is -2.73. The first-order valence-electron chi connectivity index (χ1n) is 6.87. The van der Waals surface area contributed by atoms with Crippen LogP contribution in [0.1, 0.15) is 20.3 Å². The molecular weight excluding hydrogens is 264 g/mol. The largest absolute Gasteiger partial charge is 0.469 e. The first kappa shape index (κ1) is 12.6. The Morgan fingerprint density at radius 1 is 0.950 bits per heavy atom. The molecule has 6 aliphatic rings. The van der Waals surface area contributed by atoms with Gasteiger partial charge in [-0.3, -0.25) is 9.59 Å². The van der Waals surface area contributed by atoms with Crippen molar-refractivity contribution in [2.75, 3.05) is 14.2 Å². The highest BCUT2D eigenvalue weighted by Gasteiger charge is 2.98. The minimum Gasteiger partial charge on any atom is -0.469 e. The molecule has 0 spiro atoms. The summed E-state index contributed by atoms with van der Waals surface area (Å²) in [4.78, 5) is 24.3. The summed E-state index contributed by atoms with van der Waals surface area (Å²) in [6.07, 6.45) is 0.0540. The second-order valence-electron chi connectivity index (χ2n) is 6.76. The van der Waals surface area contributed by atoms with Gasteiger partial charge in [-0.1, -0.05) is 0 Å². The van der Waals surface area contributed by atoms with Gasteiger partial charge < -0.3 is 18.9 Å². The van der Waals surface area contributed by atoms with E-state index in [2.05, 4.69) is 0 Å². The third-order valence-electron chi connectivity index (χ3n) is 5.76. The van der Waals surface area contributed by atoms with Gasteiger partial charge in [0.25, 0.3) is 0 Å². The van der Waals surface area contributed by atoms with Crippen molar-refractivity contribution < 1.29 is 28.5 Å². The number of esters is 2. The summed E-state index contributed by atoms with van der Waals surface area (Å²) in [5.74, 6) is -1.51. The van der Waals surface area contributed by atoms with Crippen LogP contribution in [0.3, 0.4) is 0 Å². The lowest BCUT2D eigenvalue weighted by atomic mass is 9.27. The van der Waals surface area contributed by atoms with E-state index in [9.17, 15) is 9.59 Å². The Hall–Kier alpha value is -1.14. The summed E-state index contributed by atoms with van der Waals surface area (Å²) in [6.45, 7) is 3.71. The maximum Gasteiger partial charge on any atom is 0.312 e. The molecule has 5 saturated carbocycles. The van der Waals surface area contributed by atoms with Crippen LogP contribution in [0.5, 0.6) is 0 Å². The van der Waals surface area contributed by atoms with Gasteiger partial charge in [0.2, 0.25) is 0 Å². The molecule has 0 amide bonds. The van der Waals surface area contributed by atoms with Crippen molar-refractivity contribution >= 4 is 11.9 Å². The lowest BCUT2D eigenvalue weighted by molar-refractivity contribution is -0.330. The average molecular weight is 282 g/mol. The van der Waals surface area contributed by atoms with E-state index in [4.69, 9.17) is 18.9 Å². The molecule has 4 atom stereocenters. The molecule has 110 valence electrons. The molecule has 6 fully saturated rings. The summed E-state index contributed by atoms with van der Waals surface area (Å²) in [5.41, 5.74) is -1.20. The summed E-state index contributed by atoms with van der Waals surface area (Å²) in [5, 5.41) is 0. The molecular formula is C14H18O6. The van der Waals surface area contributed by atoms with E-state index in [0.717, 1.165) is 0 Å². The fourth-order valence-electron chi connectivity index (χ4n) is 5.41. The SMILES string of the molecule is COC(=O)C12CC3(C(=O)OC)C1[C@H]1OC(C)(C)O[C@H]1C23. The standard InChI is InChI=1S/C14H18O6/c1-12(2)19-6-7(20-12)9-13(10(15)17-3)5-14(9,8(6)13)11(16)18-4/h6-9H,5H2,1-4H3/t6-,7+,8?,9?,13?,14?. The predicted molar refractivity (Wildman–Crippen MR) is 64.3 cm³/mol. The fraction of sp³-hybridized carbons (Fsp3) is 0.857. The second-order valence-corrected chi connectivity index (χ2v) is 6.76. The van der Waals surface area contributed by atoms with E-state index in [1.165, 1.54) is 14.2 Å². The quantitative estimate of drug-likeness (QED) is 0.686. The Labute approximate surface area is 116 Å². The highest BCUT2D eigenvalue weighted by Crippen LogP contribution is 2.89. The van der Waals surface area contributed by atoms with E-state index >= 15 is 0 Å². The summed E-state index contributed by atoms with van der Waals surface area (Å²) in [6, 6.07) is 0. The number of methoxy groups -OCH3 is 2. The van der Waals surface area contributed by atoms with E-state index in [-0.39, 0.29) is 36.0 Å². The monoisotopic (exact) mass is 282 g/mol. The zero-order chi connectivity index (χ0) is 14.5. The zero-order valence-electron chi connectivity index (χ0n) is 12.0. The maximum atomic E-state index is 12.2. The normalized spacial score (nSPS) is 52.6. The molecule has 1 aliphatic heterocycles. The van der Waals surface area contributed by atoms with Crippen LogP contribution in [-0.4, -0.2) is 44.2 Å². The van der Waals surface area contributed by atoms with Crippen LogP contribution in [0.2, 0.25) is 0 Å². The van der Waals surface area contributed by atoms with E-state index < -0.39 is 16.6 Å². The number of rotatable bonds is 2. The van der Waals surface area contributed by atoms with Crippen LogP contribution >= 0.6 is 0 Å². The molecule has 6 rings (SSSR count). The third-order valence-corrected chi connectivity index (χ3v) is 5.76. The molecule has 1 heterocycles. The van der Waals surface area contributed by atoms with Gasteiger partial charge in [0.05, 0.1) is 37.3 Å². The van der Waals surface area contributed by atoms with Gasteiger partial charge in [0.1, 0.15) is 0 Å².